The minimum Gasteiger partial charge on any atom is -0.462 e. The van der Waals surface area contributed by atoms with Gasteiger partial charge in [-0.3, -0.25) is 9.69 Å². The molecule has 3 atom stereocenters. The SMILES string of the molecule is CN1CCC[C@H]1COc1nc2c(c(N3CC4CCC(C3)N4C(=O)OC(C)(C)C)n1)CCN(c1cccc3c1C(=O)CCC3)C2. The van der Waals surface area contributed by atoms with E-state index in [9.17, 15) is 9.59 Å². The maximum Gasteiger partial charge on any atom is 0.410 e. The van der Waals surface area contributed by atoms with E-state index >= 15 is 0 Å². The van der Waals surface area contributed by atoms with E-state index in [0.717, 1.165) is 85.5 Å². The molecule has 7 rings (SSSR count). The maximum atomic E-state index is 13.1. The van der Waals surface area contributed by atoms with Crippen LogP contribution in [0.1, 0.15) is 86.5 Å². The summed E-state index contributed by atoms with van der Waals surface area (Å²) in [6, 6.07) is 7.25. The summed E-state index contributed by atoms with van der Waals surface area (Å²) < 4.78 is 12.1. The molecule has 10 heteroatoms. The summed E-state index contributed by atoms with van der Waals surface area (Å²) in [4.78, 5) is 45.3. The van der Waals surface area contributed by atoms with Gasteiger partial charge >= 0.3 is 12.1 Å². The van der Waals surface area contributed by atoms with Gasteiger partial charge in [0.1, 0.15) is 18.0 Å². The molecule has 236 valence electrons. The van der Waals surface area contributed by atoms with Crippen LogP contribution in [0.2, 0.25) is 0 Å². The van der Waals surface area contributed by atoms with Crippen molar-refractivity contribution in [3.05, 3.63) is 40.6 Å². The van der Waals surface area contributed by atoms with Crippen LogP contribution >= 0.6 is 0 Å². The Bertz CT molecular complexity index is 1430. The van der Waals surface area contributed by atoms with Crippen molar-refractivity contribution in [2.45, 2.75) is 102 Å². The zero-order valence-electron chi connectivity index (χ0n) is 26.7. The molecule has 0 spiro atoms. The Morgan fingerprint density at radius 2 is 1.77 bits per heavy atom. The first-order chi connectivity index (χ1) is 21.1. The van der Waals surface area contributed by atoms with Crippen molar-refractivity contribution in [1.82, 2.24) is 19.8 Å². The number of piperazine rings is 1. The fraction of sp³-hybridized carbons (Fsp3) is 0.647. The quantitative estimate of drug-likeness (QED) is 0.486. The summed E-state index contributed by atoms with van der Waals surface area (Å²) in [7, 11) is 2.15. The van der Waals surface area contributed by atoms with E-state index in [2.05, 4.69) is 39.9 Å². The van der Waals surface area contributed by atoms with Crippen LogP contribution in [0.15, 0.2) is 18.2 Å². The van der Waals surface area contributed by atoms with Gasteiger partial charge in [0, 0.05) is 48.9 Å². The number of anilines is 2. The third-order valence-electron chi connectivity index (χ3n) is 10.1. The summed E-state index contributed by atoms with van der Waals surface area (Å²) in [5, 5.41) is 0. The van der Waals surface area contributed by atoms with Crippen LogP contribution in [-0.2, 0) is 24.1 Å². The number of carbonyl (C=O) groups excluding carboxylic acids is 2. The first-order valence-electron chi connectivity index (χ1n) is 16.5. The number of likely N-dealkylation sites (tertiary alicyclic amines) is 1. The lowest BCUT2D eigenvalue weighted by Crippen LogP contribution is -2.57. The number of benzene rings is 1. The number of Topliss-reactive ketones (excluding diaryl/α,β-unsaturated/α-hetero) is 1. The fourth-order valence-electron chi connectivity index (χ4n) is 7.91. The molecule has 2 unspecified atom stereocenters. The number of hydrogen-bond donors (Lipinski definition) is 0. The predicted molar refractivity (Wildman–Crippen MR) is 169 cm³/mol. The van der Waals surface area contributed by atoms with E-state index in [4.69, 9.17) is 19.4 Å². The van der Waals surface area contributed by atoms with Crippen LogP contribution in [0.3, 0.4) is 0 Å². The molecule has 0 radical (unpaired) electrons. The van der Waals surface area contributed by atoms with Crippen molar-refractivity contribution in [2.75, 3.05) is 49.6 Å². The maximum absolute atomic E-state index is 13.1. The summed E-state index contributed by atoms with van der Waals surface area (Å²) in [6.45, 7) is 10.3. The Balaban J connectivity index is 1.18. The van der Waals surface area contributed by atoms with Crippen LogP contribution < -0.4 is 14.5 Å². The Labute approximate surface area is 260 Å². The summed E-state index contributed by atoms with van der Waals surface area (Å²) in [6.07, 6.45) is 7.30. The van der Waals surface area contributed by atoms with Crippen molar-refractivity contribution in [2.24, 2.45) is 0 Å². The molecule has 1 amide bonds. The molecule has 1 aromatic heterocycles. The van der Waals surface area contributed by atoms with Crippen molar-refractivity contribution in [1.29, 1.82) is 0 Å². The third-order valence-corrected chi connectivity index (χ3v) is 10.1. The van der Waals surface area contributed by atoms with Gasteiger partial charge in [0.05, 0.1) is 24.3 Å². The van der Waals surface area contributed by atoms with E-state index < -0.39 is 5.60 Å². The van der Waals surface area contributed by atoms with Crippen molar-refractivity contribution < 1.29 is 19.1 Å². The monoisotopic (exact) mass is 602 g/mol. The largest absolute Gasteiger partial charge is 0.462 e. The van der Waals surface area contributed by atoms with E-state index in [1.165, 1.54) is 6.42 Å². The number of hydrogen-bond acceptors (Lipinski definition) is 9. The van der Waals surface area contributed by atoms with Crippen molar-refractivity contribution in [3.8, 4) is 6.01 Å². The Morgan fingerprint density at radius 1 is 0.977 bits per heavy atom. The molecule has 5 heterocycles. The van der Waals surface area contributed by atoms with Crippen molar-refractivity contribution in [3.63, 3.8) is 0 Å². The number of fused-ring (bicyclic) bond motifs is 4. The Morgan fingerprint density at radius 3 is 2.50 bits per heavy atom. The minimum absolute atomic E-state index is 0.0904. The lowest BCUT2D eigenvalue weighted by atomic mass is 9.88. The normalized spacial score (nSPS) is 25.2. The van der Waals surface area contributed by atoms with Gasteiger partial charge in [-0.25, -0.2) is 4.79 Å². The Hall–Kier alpha value is -3.40. The number of aryl methyl sites for hydroxylation is 1. The molecular formula is C34H46N6O4. The average molecular weight is 603 g/mol. The number of ketones is 1. The highest BCUT2D eigenvalue weighted by molar-refractivity contribution is 6.03. The van der Waals surface area contributed by atoms with Crippen LogP contribution in [-0.4, -0.2) is 95.2 Å². The second-order valence-corrected chi connectivity index (χ2v) is 14.3. The number of amides is 1. The second-order valence-electron chi connectivity index (χ2n) is 14.3. The summed E-state index contributed by atoms with van der Waals surface area (Å²) in [5.74, 6) is 1.19. The molecule has 2 bridgehead atoms. The standard InChI is InChI=1S/C34H46N6O4/c1-34(2,3)44-33(42)40-23-13-14-24(40)19-39(18-23)31-26-15-17-38(28-11-5-8-22-9-6-12-29(41)30(22)28)20-27(26)35-32(36-31)43-21-25-10-7-16-37(25)4/h5,8,11,23-25H,6-7,9-10,12-21H2,1-4H3/t23?,24?,25-/m0/s1. The first-order valence-corrected chi connectivity index (χ1v) is 16.5. The van der Waals surface area contributed by atoms with E-state index in [1.807, 2.05) is 25.7 Å². The lowest BCUT2D eigenvalue weighted by Gasteiger charge is -2.43. The molecule has 44 heavy (non-hydrogen) atoms. The summed E-state index contributed by atoms with van der Waals surface area (Å²) in [5.41, 5.74) is 4.69. The lowest BCUT2D eigenvalue weighted by molar-refractivity contribution is 0.0122. The molecule has 5 aliphatic rings. The zero-order valence-corrected chi connectivity index (χ0v) is 26.7. The number of carbonyl (C=O) groups is 2. The molecule has 4 aliphatic heterocycles. The van der Waals surface area contributed by atoms with Crippen LogP contribution in [0.5, 0.6) is 6.01 Å². The number of nitrogens with zero attached hydrogens (tertiary/aromatic N) is 6. The molecule has 1 aliphatic carbocycles. The number of likely N-dealkylation sites (N-methyl/N-ethyl adjacent to an activating group) is 1. The number of ether oxygens (including phenoxy) is 2. The van der Waals surface area contributed by atoms with E-state index in [1.54, 1.807) is 0 Å². The number of aromatic nitrogens is 2. The van der Waals surface area contributed by atoms with Gasteiger partial charge in [-0.15, -0.1) is 0 Å². The third kappa shape index (κ3) is 5.61. The highest BCUT2D eigenvalue weighted by Gasteiger charge is 2.45. The molecule has 0 saturated carbocycles. The average Bonchev–Trinajstić information content (AvgIpc) is 3.52. The van der Waals surface area contributed by atoms with Crippen LogP contribution in [0, 0.1) is 0 Å². The molecule has 3 fully saturated rings. The van der Waals surface area contributed by atoms with Gasteiger partial charge in [0.25, 0.3) is 0 Å². The summed E-state index contributed by atoms with van der Waals surface area (Å²) >= 11 is 0. The molecule has 1 aromatic carbocycles. The van der Waals surface area contributed by atoms with Gasteiger partial charge in [0.2, 0.25) is 0 Å². The molecule has 10 nitrogen and oxygen atoms in total. The van der Waals surface area contributed by atoms with Crippen LogP contribution in [0.25, 0.3) is 0 Å². The topological polar surface area (TPSA) is 91.3 Å². The van der Waals surface area contributed by atoms with Gasteiger partial charge in [-0.05, 0) is 90.9 Å². The van der Waals surface area contributed by atoms with E-state index in [0.29, 0.717) is 44.7 Å². The zero-order chi connectivity index (χ0) is 30.6. The van der Waals surface area contributed by atoms with Gasteiger partial charge in [-0.1, -0.05) is 12.1 Å². The number of rotatable bonds is 5. The smallest absolute Gasteiger partial charge is 0.410 e. The van der Waals surface area contributed by atoms with Gasteiger partial charge < -0.3 is 24.2 Å². The van der Waals surface area contributed by atoms with E-state index in [-0.39, 0.29) is 24.0 Å². The molecule has 3 saturated heterocycles. The first kappa shape index (κ1) is 29.3. The second kappa shape index (κ2) is 11.5. The molecular weight excluding hydrogens is 556 g/mol. The molecule has 0 N–H and O–H groups in total. The minimum atomic E-state index is -0.520. The molecule has 2 aromatic rings. The highest BCUT2D eigenvalue weighted by atomic mass is 16.6. The van der Waals surface area contributed by atoms with Gasteiger partial charge in [-0.2, -0.15) is 9.97 Å². The predicted octanol–water partition coefficient (Wildman–Crippen LogP) is 4.62. The highest BCUT2D eigenvalue weighted by Crippen LogP contribution is 2.39. The fourth-order valence-corrected chi connectivity index (χ4v) is 7.91. The van der Waals surface area contributed by atoms with Crippen molar-refractivity contribution >= 4 is 23.4 Å². The van der Waals surface area contributed by atoms with Crippen LogP contribution in [0.4, 0.5) is 16.3 Å². The van der Waals surface area contributed by atoms with Gasteiger partial charge in [0.15, 0.2) is 5.78 Å². The Kier molecular flexibility index (Phi) is 7.67.